The Kier molecular flexibility index (Phi) is 3.72. The fourth-order valence-corrected chi connectivity index (χ4v) is 4.80. The van der Waals surface area contributed by atoms with Crippen molar-refractivity contribution in [3.8, 4) is 11.3 Å². The summed E-state index contributed by atoms with van der Waals surface area (Å²) in [5.41, 5.74) is 7.57. The Morgan fingerprint density at radius 1 is 1.12 bits per heavy atom. The van der Waals surface area contributed by atoms with E-state index in [2.05, 4.69) is 47.6 Å². The summed E-state index contributed by atoms with van der Waals surface area (Å²) >= 11 is 0. The third kappa shape index (κ3) is 2.91. The molecule has 1 aromatic heterocycles. The third-order valence-corrected chi connectivity index (χ3v) is 6.24. The van der Waals surface area contributed by atoms with Crippen molar-refractivity contribution in [3.05, 3.63) is 40.6 Å². The van der Waals surface area contributed by atoms with E-state index < -0.39 is 0 Å². The van der Waals surface area contributed by atoms with Gasteiger partial charge in [-0.3, -0.25) is 5.10 Å². The number of aromatic amines is 1. The number of ether oxygens (including phenoxy) is 1. The predicted octanol–water partition coefficient (Wildman–Crippen LogP) is 3.84. The number of aromatic nitrogens is 2. The highest BCUT2D eigenvalue weighted by Gasteiger charge is 2.40. The average molecular weight is 337 g/mol. The Morgan fingerprint density at radius 2 is 1.92 bits per heavy atom. The molecule has 3 aliphatic rings. The lowest BCUT2D eigenvalue weighted by Gasteiger charge is -2.22. The van der Waals surface area contributed by atoms with Crippen molar-refractivity contribution in [3.63, 3.8) is 0 Å². The Bertz CT molecular complexity index is 769. The van der Waals surface area contributed by atoms with E-state index in [1.807, 2.05) is 0 Å². The van der Waals surface area contributed by atoms with Crippen LogP contribution in [0.25, 0.3) is 11.3 Å². The predicted molar refractivity (Wildman–Crippen MR) is 98.6 cm³/mol. The summed E-state index contributed by atoms with van der Waals surface area (Å²) in [6.45, 7) is 6.18. The molecule has 1 aliphatic heterocycles. The summed E-state index contributed by atoms with van der Waals surface area (Å²) in [5, 5.41) is 11.3. The van der Waals surface area contributed by atoms with E-state index in [4.69, 9.17) is 4.74 Å². The van der Waals surface area contributed by atoms with Gasteiger partial charge >= 0.3 is 0 Å². The molecule has 3 fully saturated rings. The van der Waals surface area contributed by atoms with Gasteiger partial charge in [0.25, 0.3) is 0 Å². The SMILES string of the molecule is Cc1cc(C2CC2)cc(C)c1-c1cc(CO[C@@H]2C[C@@H]3C[C@H]2CN3)[nH]n1. The molecule has 2 aromatic rings. The topological polar surface area (TPSA) is 49.9 Å². The molecule has 0 radical (unpaired) electrons. The summed E-state index contributed by atoms with van der Waals surface area (Å²) in [7, 11) is 0. The highest BCUT2D eigenvalue weighted by atomic mass is 16.5. The minimum Gasteiger partial charge on any atom is -0.372 e. The molecule has 2 heterocycles. The lowest BCUT2D eigenvalue weighted by Crippen LogP contribution is -2.34. The third-order valence-electron chi connectivity index (χ3n) is 6.24. The van der Waals surface area contributed by atoms with Crippen molar-refractivity contribution in [2.45, 2.75) is 64.2 Å². The maximum Gasteiger partial charge on any atom is 0.0929 e. The van der Waals surface area contributed by atoms with Gasteiger partial charge in [0.2, 0.25) is 0 Å². The first-order valence-corrected chi connectivity index (χ1v) is 9.68. The molecule has 1 aromatic carbocycles. The Morgan fingerprint density at radius 3 is 2.56 bits per heavy atom. The first-order chi connectivity index (χ1) is 12.2. The summed E-state index contributed by atoms with van der Waals surface area (Å²) in [5.74, 6) is 1.50. The smallest absolute Gasteiger partial charge is 0.0929 e. The highest BCUT2D eigenvalue weighted by molar-refractivity contribution is 5.68. The van der Waals surface area contributed by atoms with E-state index in [1.54, 1.807) is 0 Å². The Labute approximate surface area is 149 Å². The van der Waals surface area contributed by atoms with Crippen LogP contribution in [0, 0.1) is 19.8 Å². The van der Waals surface area contributed by atoms with Gasteiger partial charge in [-0.1, -0.05) is 12.1 Å². The Balaban J connectivity index is 1.31. The first-order valence-electron chi connectivity index (χ1n) is 9.68. The number of nitrogens with zero attached hydrogens (tertiary/aromatic N) is 1. The van der Waals surface area contributed by atoms with Gasteiger partial charge in [-0.25, -0.2) is 0 Å². The van der Waals surface area contributed by atoms with Crippen molar-refractivity contribution in [1.29, 1.82) is 0 Å². The number of hydrogen-bond donors (Lipinski definition) is 2. The van der Waals surface area contributed by atoms with Gasteiger partial charge in [-0.2, -0.15) is 5.10 Å². The zero-order valence-electron chi connectivity index (χ0n) is 15.1. The van der Waals surface area contributed by atoms with Crippen LogP contribution in [0.2, 0.25) is 0 Å². The van der Waals surface area contributed by atoms with Crippen LogP contribution < -0.4 is 5.32 Å². The molecule has 4 nitrogen and oxygen atoms in total. The zero-order chi connectivity index (χ0) is 17.0. The van der Waals surface area contributed by atoms with E-state index in [0.29, 0.717) is 24.7 Å². The van der Waals surface area contributed by atoms with Crippen LogP contribution in [0.3, 0.4) is 0 Å². The lowest BCUT2D eigenvalue weighted by molar-refractivity contribution is 0.00801. The normalized spacial score (nSPS) is 28.0. The van der Waals surface area contributed by atoms with Crippen LogP contribution in [0.5, 0.6) is 0 Å². The second-order valence-electron chi connectivity index (χ2n) is 8.27. The van der Waals surface area contributed by atoms with Gasteiger partial charge in [-0.15, -0.1) is 0 Å². The zero-order valence-corrected chi connectivity index (χ0v) is 15.1. The second-order valence-corrected chi connectivity index (χ2v) is 8.27. The molecule has 2 saturated carbocycles. The molecular formula is C21H27N3O. The highest BCUT2D eigenvalue weighted by Crippen LogP contribution is 2.42. The quantitative estimate of drug-likeness (QED) is 0.871. The van der Waals surface area contributed by atoms with Crippen molar-refractivity contribution in [1.82, 2.24) is 15.5 Å². The summed E-state index contributed by atoms with van der Waals surface area (Å²) < 4.78 is 6.18. The first kappa shape index (κ1) is 15.6. The number of piperidine rings is 1. The molecule has 2 N–H and O–H groups in total. The number of fused-ring (bicyclic) bond motifs is 2. The standard InChI is InChI=1S/C21H27N3O/c1-12-5-15(14-3-4-14)6-13(2)21(12)19-8-18(23-24-19)11-25-20-9-17-7-16(20)10-22-17/h5-6,8,14,16-17,20,22H,3-4,7,9-11H2,1-2H3,(H,23,24)/t16-,17-,20+/m0/s1. The van der Waals surface area contributed by atoms with Crippen molar-refractivity contribution in [2.24, 2.45) is 5.92 Å². The van der Waals surface area contributed by atoms with E-state index >= 15 is 0 Å². The molecule has 132 valence electrons. The van der Waals surface area contributed by atoms with Crippen molar-refractivity contribution >= 4 is 0 Å². The van der Waals surface area contributed by atoms with Gasteiger partial charge < -0.3 is 10.1 Å². The monoisotopic (exact) mass is 337 g/mol. The van der Waals surface area contributed by atoms with Crippen LogP contribution in [0.4, 0.5) is 0 Å². The van der Waals surface area contributed by atoms with E-state index in [-0.39, 0.29) is 0 Å². The van der Waals surface area contributed by atoms with E-state index in [0.717, 1.165) is 30.3 Å². The van der Waals surface area contributed by atoms with Crippen LogP contribution in [-0.4, -0.2) is 28.9 Å². The van der Waals surface area contributed by atoms with Crippen molar-refractivity contribution in [2.75, 3.05) is 6.54 Å². The molecule has 2 aliphatic carbocycles. The maximum atomic E-state index is 6.18. The van der Waals surface area contributed by atoms with Gasteiger partial charge in [0.05, 0.1) is 24.1 Å². The second kappa shape index (κ2) is 5.96. The maximum absolute atomic E-state index is 6.18. The molecule has 0 spiro atoms. The molecule has 1 saturated heterocycles. The fraction of sp³-hybridized carbons (Fsp3) is 0.571. The number of rotatable bonds is 5. The Hall–Kier alpha value is -1.65. The molecule has 0 amide bonds. The molecule has 4 heteroatoms. The molecule has 0 unspecified atom stereocenters. The number of aryl methyl sites for hydroxylation is 2. The van der Waals surface area contributed by atoms with Crippen LogP contribution in [0.1, 0.15) is 54.0 Å². The minimum atomic E-state index is 0.416. The van der Waals surface area contributed by atoms with Gasteiger partial charge in [0.1, 0.15) is 0 Å². The lowest BCUT2D eigenvalue weighted by atomic mass is 9.95. The van der Waals surface area contributed by atoms with Gasteiger partial charge in [0.15, 0.2) is 0 Å². The summed E-state index contributed by atoms with van der Waals surface area (Å²) in [4.78, 5) is 0. The molecular weight excluding hydrogens is 310 g/mol. The van der Waals surface area contributed by atoms with Gasteiger partial charge in [0, 0.05) is 18.2 Å². The molecule has 3 atom stereocenters. The molecule has 2 bridgehead atoms. The van der Waals surface area contributed by atoms with Crippen molar-refractivity contribution < 1.29 is 4.74 Å². The van der Waals surface area contributed by atoms with E-state index in [1.165, 1.54) is 41.5 Å². The largest absolute Gasteiger partial charge is 0.372 e. The molecule has 25 heavy (non-hydrogen) atoms. The minimum absolute atomic E-state index is 0.416. The number of hydrogen-bond acceptors (Lipinski definition) is 3. The summed E-state index contributed by atoms with van der Waals surface area (Å²) in [6, 6.07) is 7.56. The van der Waals surface area contributed by atoms with Crippen LogP contribution >= 0.6 is 0 Å². The van der Waals surface area contributed by atoms with Crippen LogP contribution in [-0.2, 0) is 11.3 Å². The van der Waals surface area contributed by atoms with E-state index in [9.17, 15) is 0 Å². The number of benzene rings is 1. The summed E-state index contributed by atoms with van der Waals surface area (Å²) in [6.07, 6.45) is 5.55. The molecule has 5 rings (SSSR count). The average Bonchev–Trinajstić information content (AvgIpc) is 3.00. The fourth-order valence-electron chi connectivity index (χ4n) is 4.80. The van der Waals surface area contributed by atoms with Crippen LogP contribution in [0.15, 0.2) is 18.2 Å². The number of nitrogens with one attached hydrogen (secondary N) is 2. The van der Waals surface area contributed by atoms with Gasteiger partial charge in [-0.05, 0) is 74.1 Å². The number of H-pyrrole nitrogens is 1.